The Kier molecular flexibility index (Phi) is 2.60. The Labute approximate surface area is 102 Å². The fraction of sp³-hybridized carbons (Fsp3) is 0.846. The number of hydrogen-bond acceptors (Lipinski definition) is 4. The summed E-state index contributed by atoms with van der Waals surface area (Å²) in [5, 5.41) is 0. The molecule has 3 fully saturated rings. The normalized spacial score (nSPS) is 33.3. The van der Waals surface area contributed by atoms with Crippen LogP contribution in [0.4, 0.5) is 0 Å². The van der Waals surface area contributed by atoms with Crippen molar-refractivity contribution in [2.75, 3.05) is 26.4 Å². The number of rotatable bonds is 1. The van der Waals surface area contributed by atoms with E-state index in [4.69, 9.17) is 18.9 Å². The first kappa shape index (κ1) is 11.7. The molecule has 3 aliphatic rings. The first-order valence-electron chi connectivity index (χ1n) is 6.38. The van der Waals surface area contributed by atoms with Crippen LogP contribution in [0.3, 0.4) is 0 Å². The topological polar surface area (TPSA) is 36.9 Å². The van der Waals surface area contributed by atoms with Crippen molar-refractivity contribution >= 4 is 0 Å². The fourth-order valence-corrected chi connectivity index (χ4v) is 3.52. The highest BCUT2D eigenvalue weighted by Crippen LogP contribution is 2.60. The smallest absolute Gasteiger partial charge is 0.182 e. The van der Waals surface area contributed by atoms with Gasteiger partial charge in [-0.15, -0.1) is 0 Å². The third-order valence-corrected chi connectivity index (χ3v) is 4.37. The molecule has 0 atom stereocenters. The van der Waals surface area contributed by atoms with Gasteiger partial charge in [0.2, 0.25) is 0 Å². The van der Waals surface area contributed by atoms with Gasteiger partial charge in [0, 0.05) is 12.8 Å². The molecule has 2 heterocycles. The summed E-state index contributed by atoms with van der Waals surface area (Å²) in [5.41, 5.74) is -0.373. The zero-order valence-corrected chi connectivity index (χ0v) is 10.5. The van der Waals surface area contributed by atoms with E-state index in [2.05, 4.69) is 13.0 Å². The highest BCUT2D eigenvalue weighted by Gasteiger charge is 2.70. The van der Waals surface area contributed by atoms with Crippen LogP contribution in [0.2, 0.25) is 0 Å². The molecule has 1 aliphatic carbocycles. The molecule has 0 aromatic heterocycles. The van der Waals surface area contributed by atoms with E-state index < -0.39 is 11.6 Å². The van der Waals surface area contributed by atoms with Gasteiger partial charge in [-0.3, -0.25) is 0 Å². The van der Waals surface area contributed by atoms with Crippen LogP contribution in [0.25, 0.3) is 0 Å². The summed E-state index contributed by atoms with van der Waals surface area (Å²) >= 11 is 0. The third-order valence-electron chi connectivity index (χ3n) is 4.37. The lowest BCUT2D eigenvalue weighted by Gasteiger charge is -2.44. The van der Waals surface area contributed by atoms with Gasteiger partial charge in [0.25, 0.3) is 0 Å². The fourth-order valence-electron chi connectivity index (χ4n) is 3.52. The molecule has 96 valence electrons. The summed E-state index contributed by atoms with van der Waals surface area (Å²) < 4.78 is 23.7. The van der Waals surface area contributed by atoms with Crippen LogP contribution < -0.4 is 0 Å². The molecule has 0 aromatic carbocycles. The molecule has 0 N–H and O–H groups in total. The second kappa shape index (κ2) is 3.79. The molecule has 2 saturated heterocycles. The quantitative estimate of drug-likeness (QED) is 0.655. The highest BCUT2D eigenvalue weighted by molar-refractivity contribution is 5.19. The maximum absolute atomic E-state index is 5.92. The summed E-state index contributed by atoms with van der Waals surface area (Å²) in [4.78, 5) is 0. The van der Waals surface area contributed by atoms with Crippen LogP contribution >= 0.6 is 0 Å². The summed E-state index contributed by atoms with van der Waals surface area (Å²) in [6.45, 7) is 6.75. The summed E-state index contributed by atoms with van der Waals surface area (Å²) in [5.74, 6) is -1.13. The molecule has 0 aromatic rings. The van der Waals surface area contributed by atoms with Gasteiger partial charge in [0.15, 0.2) is 11.6 Å². The van der Waals surface area contributed by atoms with Crippen LogP contribution in [0.1, 0.15) is 26.7 Å². The molecule has 4 heteroatoms. The molecule has 4 nitrogen and oxygen atoms in total. The molecule has 1 saturated carbocycles. The number of hydrogen-bond donors (Lipinski definition) is 0. The minimum atomic E-state index is -0.566. The van der Waals surface area contributed by atoms with Crippen molar-refractivity contribution in [1.82, 2.24) is 0 Å². The van der Waals surface area contributed by atoms with E-state index in [1.165, 1.54) is 0 Å². The van der Waals surface area contributed by atoms with Crippen LogP contribution in [0.15, 0.2) is 12.2 Å². The monoisotopic (exact) mass is 240 g/mol. The van der Waals surface area contributed by atoms with Crippen LogP contribution in [-0.2, 0) is 18.9 Å². The van der Waals surface area contributed by atoms with Crippen LogP contribution in [-0.4, -0.2) is 38.0 Å². The van der Waals surface area contributed by atoms with Gasteiger partial charge >= 0.3 is 0 Å². The highest BCUT2D eigenvalue weighted by atomic mass is 16.8. The van der Waals surface area contributed by atoms with E-state index in [9.17, 15) is 0 Å². The van der Waals surface area contributed by atoms with Crippen molar-refractivity contribution in [1.29, 1.82) is 0 Å². The molecule has 0 bridgehead atoms. The SMILES string of the molecule is C/C=C/C1(C)C2(CCC13OCCO3)OCCO2. The van der Waals surface area contributed by atoms with Crippen molar-refractivity contribution in [3.05, 3.63) is 12.2 Å². The second-order valence-electron chi connectivity index (χ2n) is 5.10. The van der Waals surface area contributed by atoms with Crippen molar-refractivity contribution < 1.29 is 18.9 Å². The Balaban J connectivity index is 2.03. The number of allylic oxidation sites excluding steroid dienone is 1. The molecule has 0 amide bonds. The molecule has 0 unspecified atom stereocenters. The van der Waals surface area contributed by atoms with E-state index in [0.29, 0.717) is 26.4 Å². The lowest BCUT2D eigenvalue weighted by molar-refractivity contribution is -0.280. The average molecular weight is 240 g/mol. The summed E-state index contributed by atoms with van der Waals surface area (Å²) in [6.07, 6.45) is 5.81. The average Bonchev–Trinajstić information content (AvgIpc) is 3.01. The minimum absolute atomic E-state index is 0.373. The Morgan fingerprint density at radius 1 is 0.824 bits per heavy atom. The zero-order chi connectivity index (χ0) is 12.0. The Hall–Kier alpha value is -0.420. The summed E-state index contributed by atoms with van der Waals surface area (Å²) in [7, 11) is 0. The Morgan fingerprint density at radius 2 is 1.24 bits per heavy atom. The molecule has 3 rings (SSSR count). The Morgan fingerprint density at radius 3 is 1.59 bits per heavy atom. The molecular formula is C13H20O4. The predicted molar refractivity (Wildman–Crippen MR) is 61.4 cm³/mol. The van der Waals surface area contributed by atoms with E-state index in [-0.39, 0.29) is 5.41 Å². The van der Waals surface area contributed by atoms with Crippen LogP contribution in [0.5, 0.6) is 0 Å². The van der Waals surface area contributed by atoms with E-state index >= 15 is 0 Å². The lowest BCUT2D eigenvalue weighted by Crippen LogP contribution is -2.53. The molecular weight excluding hydrogens is 220 g/mol. The maximum Gasteiger partial charge on any atom is 0.182 e. The van der Waals surface area contributed by atoms with Crippen molar-refractivity contribution in [3.63, 3.8) is 0 Å². The van der Waals surface area contributed by atoms with Crippen LogP contribution in [0, 0.1) is 5.41 Å². The van der Waals surface area contributed by atoms with Gasteiger partial charge in [-0.05, 0) is 13.8 Å². The maximum atomic E-state index is 5.92. The minimum Gasteiger partial charge on any atom is -0.346 e. The van der Waals surface area contributed by atoms with Gasteiger partial charge in [-0.2, -0.15) is 0 Å². The third kappa shape index (κ3) is 1.32. The van der Waals surface area contributed by atoms with Crippen molar-refractivity contribution in [2.24, 2.45) is 5.41 Å². The predicted octanol–water partition coefficient (Wildman–Crippen LogP) is 1.85. The first-order chi connectivity index (χ1) is 8.18. The van der Waals surface area contributed by atoms with E-state index in [1.807, 2.05) is 13.0 Å². The Bertz CT molecular complexity index is 300. The molecule has 17 heavy (non-hydrogen) atoms. The summed E-state index contributed by atoms with van der Waals surface area (Å²) in [6, 6.07) is 0. The van der Waals surface area contributed by atoms with Gasteiger partial charge in [0.05, 0.1) is 31.8 Å². The second-order valence-corrected chi connectivity index (χ2v) is 5.10. The van der Waals surface area contributed by atoms with Gasteiger partial charge < -0.3 is 18.9 Å². The van der Waals surface area contributed by atoms with Crippen molar-refractivity contribution in [3.8, 4) is 0 Å². The van der Waals surface area contributed by atoms with E-state index in [1.54, 1.807) is 0 Å². The van der Waals surface area contributed by atoms with Gasteiger partial charge in [-0.1, -0.05) is 12.2 Å². The lowest BCUT2D eigenvalue weighted by atomic mass is 9.78. The largest absolute Gasteiger partial charge is 0.346 e. The standard InChI is InChI=1S/C13H20O4/c1-3-4-11(2)12(14-7-8-15-12)5-6-13(11)16-9-10-17-13/h3-4H,5-10H2,1-2H3/b4-3+. The molecule has 2 aliphatic heterocycles. The van der Waals surface area contributed by atoms with E-state index in [0.717, 1.165) is 12.8 Å². The van der Waals surface area contributed by atoms with Gasteiger partial charge in [-0.25, -0.2) is 0 Å². The zero-order valence-electron chi connectivity index (χ0n) is 10.5. The van der Waals surface area contributed by atoms with Gasteiger partial charge in [0.1, 0.15) is 0 Å². The number of ether oxygens (including phenoxy) is 4. The first-order valence-corrected chi connectivity index (χ1v) is 6.38. The molecule has 0 radical (unpaired) electrons. The molecule has 2 spiro atoms. The van der Waals surface area contributed by atoms with Crippen molar-refractivity contribution in [2.45, 2.75) is 38.3 Å².